The molecule has 5 nitrogen and oxygen atoms in total. The summed E-state index contributed by atoms with van der Waals surface area (Å²) >= 11 is 0. The Morgan fingerprint density at radius 1 is 0.591 bits per heavy atom. The molecule has 2 aromatic heterocycles. The summed E-state index contributed by atoms with van der Waals surface area (Å²) in [5, 5.41) is 2.43. The van der Waals surface area contributed by atoms with Crippen LogP contribution in [0.5, 0.6) is 0 Å². The lowest BCUT2D eigenvalue weighted by atomic mass is 9.91. The third kappa shape index (κ3) is 3.76. The Morgan fingerprint density at radius 2 is 1.23 bits per heavy atom. The molecule has 0 saturated heterocycles. The second kappa shape index (κ2) is 9.89. The van der Waals surface area contributed by atoms with Crippen molar-refractivity contribution in [2.75, 3.05) is 4.90 Å². The van der Waals surface area contributed by atoms with E-state index >= 15 is 0 Å². The zero-order valence-electron chi connectivity index (χ0n) is 23.9. The number of para-hydroxylation sites is 2. The van der Waals surface area contributed by atoms with E-state index in [1.165, 1.54) is 27.5 Å². The van der Waals surface area contributed by atoms with E-state index in [4.69, 9.17) is 15.0 Å². The molecule has 0 N–H and O–H groups in total. The summed E-state index contributed by atoms with van der Waals surface area (Å²) in [4.78, 5) is 17.7. The van der Waals surface area contributed by atoms with Gasteiger partial charge in [0.25, 0.3) is 0 Å². The summed E-state index contributed by atoms with van der Waals surface area (Å²) < 4.78 is 2.40. The third-order valence-electron chi connectivity index (χ3n) is 8.73. The minimum Gasteiger partial charge on any atom is -0.307 e. The van der Waals surface area contributed by atoms with Gasteiger partial charge in [-0.05, 0) is 36.3 Å². The molecule has 3 heterocycles. The van der Waals surface area contributed by atoms with Crippen molar-refractivity contribution in [3.63, 3.8) is 0 Å². The highest BCUT2D eigenvalue weighted by atomic mass is 15.3. The van der Waals surface area contributed by atoms with Gasteiger partial charge in [0.1, 0.15) is 0 Å². The molecule has 5 heteroatoms. The maximum absolute atomic E-state index is 5.19. The lowest BCUT2D eigenvalue weighted by molar-refractivity contribution is 0.812. The lowest BCUT2D eigenvalue weighted by Crippen LogP contribution is -2.19. The van der Waals surface area contributed by atoms with Crippen LogP contribution in [0.4, 0.5) is 11.6 Å². The number of allylic oxidation sites excluding steroid dienone is 4. The Labute approximate surface area is 255 Å². The predicted molar refractivity (Wildman–Crippen MR) is 178 cm³/mol. The molecule has 0 bridgehead atoms. The summed E-state index contributed by atoms with van der Waals surface area (Å²) in [5.74, 6) is 2.14. The molecule has 2 aliphatic rings. The fourth-order valence-electron chi connectivity index (χ4n) is 6.79. The van der Waals surface area contributed by atoms with Crippen molar-refractivity contribution in [3.8, 4) is 28.5 Å². The molecular weight excluding hydrogens is 538 g/mol. The number of benzene rings is 5. The van der Waals surface area contributed by atoms with Gasteiger partial charge in [-0.1, -0.05) is 121 Å². The number of hydrogen-bond donors (Lipinski definition) is 0. The first-order valence-electron chi connectivity index (χ1n) is 15.0. The zero-order valence-corrected chi connectivity index (χ0v) is 23.9. The van der Waals surface area contributed by atoms with Gasteiger partial charge in [-0.25, -0.2) is 4.98 Å². The van der Waals surface area contributed by atoms with Crippen molar-refractivity contribution in [2.45, 2.75) is 12.3 Å². The van der Waals surface area contributed by atoms with Crippen LogP contribution in [0.25, 0.3) is 50.3 Å². The quantitative estimate of drug-likeness (QED) is 0.213. The van der Waals surface area contributed by atoms with Gasteiger partial charge in [-0.2, -0.15) is 9.97 Å². The molecule has 1 aliphatic heterocycles. The molecule has 0 spiro atoms. The normalized spacial score (nSPS) is 15.4. The summed E-state index contributed by atoms with van der Waals surface area (Å²) in [5.41, 5.74) is 8.98. The van der Waals surface area contributed by atoms with Crippen LogP contribution in [0.1, 0.15) is 17.9 Å². The van der Waals surface area contributed by atoms with Crippen LogP contribution in [0, 0.1) is 0 Å². The average Bonchev–Trinajstić information content (AvgIpc) is 3.62. The van der Waals surface area contributed by atoms with Gasteiger partial charge in [-0.3, -0.25) is 4.90 Å². The highest BCUT2D eigenvalue weighted by Gasteiger charge is 2.39. The fraction of sp³-hybridized carbons (Fsp3) is 0.0513. The van der Waals surface area contributed by atoms with Crippen LogP contribution in [0.3, 0.4) is 0 Å². The topological polar surface area (TPSA) is 46.8 Å². The van der Waals surface area contributed by atoms with Crippen LogP contribution < -0.4 is 4.90 Å². The average molecular weight is 566 g/mol. The van der Waals surface area contributed by atoms with Crippen LogP contribution in [0.15, 0.2) is 151 Å². The molecule has 5 aromatic carbocycles. The summed E-state index contributed by atoms with van der Waals surface area (Å²) in [6, 6.07) is 44.3. The fourth-order valence-corrected chi connectivity index (χ4v) is 6.79. The molecular formula is C39H27N5. The maximum atomic E-state index is 5.19. The van der Waals surface area contributed by atoms with E-state index in [-0.39, 0.29) is 5.92 Å². The molecule has 7 aromatic rings. The largest absolute Gasteiger partial charge is 0.307 e. The van der Waals surface area contributed by atoms with Gasteiger partial charge >= 0.3 is 0 Å². The van der Waals surface area contributed by atoms with Gasteiger partial charge in [0.15, 0.2) is 11.6 Å². The Bertz CT molecular complexity index is 2190. The van der Waals surface area contributed by atoms with Crippen LogP contribution in [0.2, 0.25) is 0 Å². The van der Waals surface area contributed by atoms with E-state index < -0.39 is 0 Å². The molecule has 1 unspecified atom stereocenters. The first kappa shape index (κ1) is 24.8. The highest BCUT2D eigenvalue weighted by Crippen LogP contribution is 2.54. The van der Waals surface area contributed by atoms with E-state index in [2.05, 4.69) is 119 Å². The van der Waals surface area contributed by atoms with Crippen molar-refractivity contribution in [3.05, 3.63) is 157 Å². The van der Waals surface area contributed by atoms with E-state index in [1.807, 2.05) is 36.4 Å². The highest BCUT2D eigenvalue weighted by molar-refractivity contribution is 6.15. The zero-order chi connectivity index (χ0) is 29.0. The monoisotopic (exact) mass is 565 g/mol. The molecule has 0 fully saturated rings. The van der Waals surface area contributed by atoms with Crippen LogP contribution in [-0.4, -0.2) is 19.5 Å². The SMILES string of the molecule is C1=CCC2C(=C1)N(c1nc(-c3ccccc3)nc(-c3ccccc3)n1)c1c2ccc2c3ccccc3n(-c3ccccc3)c12. The Morgan fingerprint density at radius 3 is 1.93 bits per heavy atom. The Balaban J connectivity index is 1.39. The predicted octanol–water partition coefficient (Wildman–Crippen LogP) is 9.38. The molecule has 0 radical (unpaired) electrons. The second-order valence-corrected chi connectivity index (χ2v) is 11.2. The number of rotatable bonds is 4. The van der Waals surface area contributed by atoms with Gasteiger partial charge in [0, 0.05) is 39.2 Å². The van der Waals surface area contributed by atoms with Crippen molar-refractivity contribution < 1.29 is 0 Å². The number of hydrogen-bond acceptors (Lipinski definition) is 4. The number of anilines is 2. The summed E-state index contributed by atoms with van der Waals surface area (Å²) in [6.07, 6.45) is 7.57. The van der Waals surface area contributed by atoms with Gasteiger partial charge in [-0.15, -0.1) is 0 Å². The molecule has 9 rings (SSSR count). The van der Waals surface area contributed by atoms with Gasteiger partial charge < -0.3 is 4.57 Å². The van der Waals surface area contributed by atoms with E-state index in [9.17, 15) is 0 Å². The van der Waals surface area contributed by atoms with Crippen molar-refractivity contribution >= 4 is 33.4 Å². The van der Waals surface area contributed by atoms with Crippen molar-refractivity contribution in [1.29, 1.82) is 0 Å². The Kier molecular flexibility index (Phi) is 5.56. The first-order chi connectivity index (χ1) is 21.8. The molecule has 0 amide bonds. The standard InChI is InChI=1S/C39H27N5/c1-4-14-26(15-5-1)37-40-38(27-16-6-2-7-17-27)42-39(41-37)44-34-23-13-11-21-30(34)32-25-24-31-29-20-10-12-22-33(29)43(35(31)36(32)44)28-18-8-3-9-19-28/h1-20,22-25,30H,21H2. The molecule has 0 saturated carbocycles. The van der Waals surface area contributed by atoms with Crippen LogP contribution >= 0.6 is 0 Å². The molecule has 208 valence electrons. The van der Waals surface area contributed by atoms with E-state index in [0.717, 1.165) is 34.4 Å². The summed E-state index contributed by atoms with van der Waals surface area (Å²) in [6.45, 7) is 0. The van der Waals surface area contributed by atoms with Gasteiger partial charge in [0.05, 0.1) is 16.7 Å². The van der Waals surface area contributed by atoms with E-state index in [0.29, 0.717) is 17.6 Å². The molecule has 1 atom stereocenters. The summed E-state index contributed by atoms with van der Waals surface area (Å²) in [7, 11) is 0. The minimum absolute atomic E-state index is 0.207. The lowest BCUT2D eigenvalue weighted by Gasteiger charge is -2.24. The Hall–Kier alpha value is -5.81. The molecule has 44 heavy (non-hydrogen) atoms. The van der Waals surface area contributed by atoms with E-state index in [1.54, 1.807) is 0 Å². The third-order valence-corrected chi connectivity index (χ3v) is 8.73. The van der Waals surface area contributed by atoms with Crippen LogP contribution in [-0.2, 0) is 0 Å². The van der Waals surface area contributed by atoms with Crippen molar-refractivity contribution in [2.24, 2.45) is 0 Å². The number of nitrogens with zero attached hydrogens (tertiary/aromatic N) is 5. The minimum atomic E-state index is 0.207. The number of fused-ring (bicyclic) bond motifs is 7. The smallest absolute Gasteiger partial charge is 0.238 e. The second-order valence-electron chi connectivity index (χ2n) is 11.2. The number of aromatic nitrogens is 4. The maximum Gasteiger partial charge on any atom is 0.238 e. The first-order valence-corrected chi connectivity index (χ1v) is 15.0. The van der Waals surface area contributed by atoms with Gasteiger partial charge in [0.2, 0.25) is 5.95 Å². The van der Waals surface area contributed by atoms with Crippen molar-refractivity contribution in [1.82, 2.24) is 19.5 Å². The molecule has 1 aliphatic carbocycles.